The van der Waals surface area contributed by atoms with E-state index < -0.39 is 0 Å². The van der Waals surface area contributed by atoms with Crippen molar-refractivity contribution < 1.29 is 0 Å². The summed E-state index contributed by atoms with van der Waals surface area (Å²) in [6.07, 6.45) is 9.97. The highest BCUT2D eigenvalue weighted by molar-refractivity contribution is 7.18. The van der Waals surface area contributed by atoms with Gasteiger partial charge in [-0.05, 0) is 37.7 Å². The maximum absolute atomic E-state index is 12.7. The van der Waals surface area contributed by atoms with E-state index in [0.29, 0.717) is 6.04 Å². The molecule has 0 atom stereocenters. The third-order valence-corrected chi connectivity index (χ3v) is 5.57. The van der Waals surface area contributed by atoms with E-state index in [4.69, 9.17) is 0 Å². The first-order valence-corrected chi connectivity index (χ1v) is 7.67. The molecule has 0 spiro atoms. The van der Waals surface area contributed by atoms with Crippen molar-refractivity contribution in [3.05, 3.63) is 27.1 Å². The van der Waals surface area contributed by atoms with Gasteiger partial charge in [-0.15, -0.1) is 11.3 Å². The van der Waals surface area contributed by atoms with Crippen molar-refractivity contribution in [2.45, 2.75) is 51.0 Å². The smallest absolute Gasteiger partial charge is 0.262 e. The van der Waals surface area contributed by atoms with E-state index in [-0.39, 0.29) is 5.56 Å². The first-order valence-electron chi connectivity index (χ1n) is 6.86. The summed E-state index contributed by atoms with van der Waals surface area (Å²) in [7, 11) is 0. The monoisotopic (exact) mass is 260 g/mol. The average Bonchev–Trinajstić information content (AvgIpc) is 3.04. The minimum atomic E-state index is 0.214. The second-order valence-electron chi connectivity index (χ2n) is 5.43. The third-order valence-electron chi connectivity index (χ3n) is 4.37. The van der Waals surface area contributed by atoms with Crippen LogP contribution in [0.4, 0.5) is 0 Å². The number of hydrogen-bond acceptors (Lipinski definition) is 3. The molecule has 1 saturated carbocycles. The van der Waals surface area contributed by atoms with Gasteiger partial charge in [0.1, 0.15) is 4.83 Å². The van der Waals surface area contributed by atoms with E-state index in [1.165, 1.54) is 29.7 Å². The molecular weight excluding hydrogens is 244 g/mol. The van der Waals surface area contributed by atoms with E-state index in [1.54, 1.807) is 17.7 Å². The topological polar surface area (TPSA) is 34.9 Å². The summed E-state index contributed by atoms with van der Waals surface area (Å²) in [6.45, 7) is 0. The summed E-state index contributed by atoms with van der Waals surface area (Å²) in [5.74, 6) is 0. The molecule has 2 aliphatic rings. The molecule has 1 fully saturated rings. The van der Waals surface area contributed by atoms with Crippen molar-refractivity contribution in [3.63, 3.8) is 0 Å². The van der Waals surface area contributed by atoms with Gasteiger partial charge in [0.05, 0.1) is 11.7 Å². The van der Waals surface area contributed by atoms with Gasteiger partial charge in [0.2, 0.25) is 0 Å². The first kappa shape index (κ1) is 10.7. The molecule has 2 aliphatic carbocycles. The Morgan fingerprint density at radius 3 is 2.89 bits per heavy atom. The lowest BCUT2D eigenvalue weighted by Gasteiger charge is -2.12. The molecular formula is C14H16N2OS. The van der Waals surface area contributed by atoms with Crippen LogP contribution in [-0.4, -0.2) is 9.55 Å². The number of thiophene rings is 1. The van der Waals surface area contributed by atoms with Crippen LogP contribution in [0.25, 0.3) is 10.2 Å². The maximum Gasteiger partial charge on any atom is 0.262 e. The normalized spacial score (nSPS) is 19.8. The molecule has 0 radical (unpaired) electrons. The van der Waals surface area contributed by atoms with Crippen LogP contribution in [0.3, 0.4) is 0 Å². The van der Waals surface area contributed by atoms with Gasteiger partial charge in [-0.25, -0.2) is 4.98 Å². The molecule has 2 aromatic rings. The molecule has 0 bridgehead atoms. The van der Waals surface area contributed by atoms with Crippen LogP contribution >= 0.6 is 11.3 Å². The fourth-order valence-corrected chi connectivity index (χ4v) is 4.66. The average molecular weight is 260 g/mol. The van der Waals surface area contributed by atoms with Gasteiger partial charge in [0.15, 0.2) is 0 Å². The lowest BCUT2D eigenvalue weighted by molar-refractivity contribution is 0.499. The Labute approximate surface area is 109 Å². The molecule has 94 valence electrons. The van der Waals surface area contributed by atoms with Gasteiger partial charge in [0.25, 0.3) is 5.56 Å². The quantitative estimate of drug-likeness (QED) is 0.790. The molecule has 0 N–H and O–H groups in total. The maximum atomic E-state index is 12.7. The SMILES string of the molecule is O=c1c2c3c(sc2ncn1C1CCCC1)CCC3. The number of hydrogen-bond donors (Lipinski definition) is 0. The van der Waals surface area contributed by atoms with Gasteiger partial charge in [-0.3, -0.25) is 9.36 Å². The van der Waals surface area contributed by atoms with Gasteiger partial charge >= 0.3 is 0 Å². The summed E-state index contributed by atoms with van der Waals surface area (Å²) < 4.78 is 1.90. The molecule has 3 nitrogen and oxygen atoms in total. The predicted octanol–water partition coefficient (Wildman–Crippen LogP) is 3.06. The Kier molecular flexibility index (Phi) is 2.34. The van der Waals surface area contributed by atoms with Crippen molar-refractivity contribution in [2.75, 3.05) is 0 Å². The standard InChI is InChI=1S/C14H16N2OS/c17-14-12-10-6-3-7-11(10)18-13(12)15-8-16(14)9-4-1-2-5-9/h8-9H,1-7H2. The molecule has 2 heterocycles. The second kappa shape index (κ2) is 3.92. The van der Waals surface area contributed by atoms with Gasteiger partial charge in [0, 0.05) is 10.9 Å². The Bertz CT molecular complexity index is 664. The number of fused-ring (bicyclic) bond motifs is 3. The summed E-state index contributed by atoms with van der Waals surface area (Å²) >= 11 is 1.73. The number of rotatable bonds is 1. The summed E-state index contributed by atoms with van der Waals surface area (Å²) in [6, 6.07) is 0.395. The molecule has 0 aromatic carbocycles. The van der Waals surface area contributed by atoms with Crippen LogP contribution in [0.5, 0.6) is 0 Å². The minimum Gasteiger partial charge on any atom is -0.296 e. The van der Waals surface area contributed by atoms with Gasteiger partial charge < -0.3 is 0 Å². The Hall–Kier alpha value is -1.16. The first-order chi connectivity index (χ1) is 8.84. The van der Waals surface area contributed by atoms with Crippen molar-refractivity contribution in [1.82, 2.24) is 9.55 Å². The van der Waals surface area contributed by atoms with Gasteiger partial charge in [-0.1, -0.05) is 12.8 Å². The number of aromatic nitrogens is 2. The third kappa shape index (κ3) is 1.41. The zero-order chi connectivity index (χ0) is 12.1. The highest BCUT2D eigenvalue weighted by Crippen LogP contribution is 2.35. The van der Waals surface area contributed by atoms with Crippen LogP contribution < -0.4 is 5.56 Å². The van der Waals surface area contributed by atoms with Crippen LogP contribution in [0.2, 0.25) is 0 Å². The zero-order valence-corrected chi connectivity index (χ0v) is 11.1. The second-order valence-corrected chi connectivity index (χ2v) is 6.52. The highest BCUT2D eigenvalue weighted by Gasteiger charge is 2.24. The fourth-order valence-electron chi connectivity index (χ4n) is 3.44. The van der Waals surface area contributed by atoms with E-state index in [9.17, 15) is 4.79 Å². The van der Waals surface area contributed by atoms with Crippen LogP contribution in [-0.2, 0) is 12.8 Å². The number of aryl methyl sites for hydroxylation is 2. The highest BCUT2D eigenvalue weighted by atomic mass is 32.1. The van der Waals surface area contributed by atoms with Crippen LogP contribution in [0, 0.1) is 0 Å². The van der Waals surface area contributed by atoms with E-state index in [0.717, 1.165) is 35.9 Å². The molecule has 0 aliphatic heterocycles. The van der Waals surface area contributed by atoms with Crippen LogP contribution in [0.15, 0.2) is 11.1 Å². The zero-order valence-electron chi connectivity index (χ0n) is 10.3. The molecule has 4 rings (SSSR count). The molecule has 0 saturated heterocycles. The van der Waals surface area contributed by atoms with Crippen molar-refractivity contribution >= 4 is 21.6 Å². The summed E-state index contributed by atoms with van der Waals surface area (Å²) in [4.78, 5) is 19.6. The molecule has 4 heteroatoms. The molecule has 0 unspecified atom stereocenters. The molecule has 0 amide bonds. The lowest BCUT2D eigenvalue weighted by atomic mass is 10.2. The van der Waals surface area contributed by atoms with Crippen LogP contribution in [0.1, 0.15) is 48.6 Å². The fraction of sp³-hybridized carbons (Fsp3) is 0.571. The van der Waals surface area contributed by atoms with E-state index in [2.05, 4.69) is 4.98 Å². The Morgan fingerprint density at radius 2 is 2.06 bits per heavy atom. The van der Waals surface area contributed by atoms with Crippen molar-refractivity contribution in [2.24, 2.45) is 0 Å². The Morgan fingerprint density at radius 1 is 1.22 bits per heavy atom. The van der Waals surface area contributed by atoms with Crippen molar-refractivity contribution in [3.8, 4) is 0 Å². The van der Waals surface area contributed by atoms with Crippen molar-refractivity contribution in [1.29, 1.82) is 0 Å². The van der Waals surface area contributed by atoms with E-state index >= 15 is 0 Å². The van der Waals surface area contributed by atoms with Gasteiger partial charge in [-0.2, -0.15) is 0 Å². The largest absolute Gasteiger partial charge is 0.296 e. The number of nitrogens with zero attached hydrogens (tertiary/aromatic N) is 2. The molecule has 2 aromatic heterocycles. The van der Waals surface area contributed by atoms with E-state index in [1.807, 2.05) is 4.57 Å². The lowest BCUT2D eigenvalue weighted by Crippen LogP contribution is -2.23. The Balaban J connectivity index is 1.96. The predicted molar refractivity (Wildman–Crippen MR) is 73.4 cm³/mol. The minimum absolute atomic E-state index is 0.214. The summed E-state index contributed by atoms with van der Waals surface area (Å²) in [5, 5.41) is 0.932. The summed E-state index contributed by atoms with van der Waals surface area (Å²) in [5.41, 5.74) is 1.52. The molecule has 18 heavy (non-hydrogen) atoms.